The quantitative estimate of drug-likeness (QED) is 0.00525. The second-order valence-corrected chi connectivity index (χ2v) is 52.0. The minimum Gasteiger partial charge on any atom is -0.493 e. The molecule has 6 aromatic rings. The van der Waals surface area contributed by atoms with E-state index in [0.717, 1.165) is 53.7 Å². The van der Waals surface area contributed by atoms with Crippen molar-refractivity contribution < 1.29 is 99.7 Å². The number of halogens is 1. The van der Waals surface area contributed by atoms with Gasteiger partial charge in [-0.25, -0.2) is 14.8 Å². The number of amides is 5. The molecule has 4 atom stereocenters. The van der Waals surface area contributed by atoms with Crippen molar-refractivity contribution in [1.82, 2.24) is 29.6 Å². The molecular weight excluding hydrogens is 1890 g/mol. The van der Waals surface area contributed by atoms with Crippen LogP contribution in [0.2, 0.25) is 36.3 Å². The molecule has 4 aromatic carbocycles. The number of rotatable bonds is 42. The first-order valence-corrected chi connectivity index (χ1v) is 56.0. The van der Waals surface area contributed by atoms with Crippen LogP contribution in [0, 0.1) is 20.2 Å². The Kier molecular flexibility index (Phi) is 39.0. The highest BCUT2D eigenvalue weighted by Crippen LogP contribution is 2.45. The van der Waals surface area contributed by atoms with Crippen LogP contribution in [0.4, 0.5) is 27.5 Å². The number of unbranched alkanes of at least 4 members (excludes halogenated alkanes) is 4. The molecule has 740 valence electrons. The minimum absolute atomic E-state index is 0.00983. The highest BCUT2D eigenvalue weighted by atomic mass is 35.5. The van der Waals surface area contributed by atoms with Gasteiger partial charge in [0.05, 0.1) is 119 Å². The zero-order chi connectivity index (χ0) is 100.0. The highest BCUT2D eigenvalue weighted by molar-refractivity contribution is 8.77. The van der Waals surface area contributed by atoms with Gasteiger partial charge in [-0.1, -0.05) is 112 Å². The van der Waals surface area contributed by atoms with E-state index in [4.69, 9.17) is 68.8 Å². The number of pyridine rings is 2. The molecule has 0 unspecified atom stereocenters. The van der Waals surface area contributed by atoms with Crippen molar-refractivity contribution in [2.45, 2.75) is 202 Å². The van der Waals surface area contributed by atoms with Gasteiger partial charge in [-0.05, 0) is 200 Å². The summed E-state index contributed by atoms with van der Waals surface area (Å²) in [5.41, 5.74) is 13.2. The number of aromatic nitrogens is 2. The number of fused-ring (bicyclic) bond motifs is 4. The van der Waals surface area contributed by atoms with Gasteiger partial charge in [0.25, 0.3) is 35.0 Å². The smallest absolute Gasteiger partial charge is 0.411 e. The molecule has 0 aliphatic carbocycles. The zero-order valence-electron chi connectivity index (χ0n) is 80.4. The van der Waals surface area contributed by atoms with Crippen LogP contribution in [-0.2, 0) is 40.8 Å². The summed E-state index contributed by atoms with van der Waals surface area (Å²) in [5, 5.41) is 25.1. The molecule has 0 saturated carbocycles. The largest absolute Gasteiger partial charge is 0.493 e. The van der Waals surface area contributed by atoms with Crippen molar-refractivity contribution in [3.05, 3.63) is 187 Å². The molecule has 6 aliphatic rings. The van der Waals surface area contributed by atoms with Gasteiger partial charge in [-0.2, -0.15) is 0 Å². The molecule has 40 heteroatoms. The van der Waals surface area contributed by atoms with E-state index < -0.39 is 44.7 Å². The van der Waals surface area contributed by atoms with Gasteiger partial charge in [-0.3, -0.25) is 59.1 Å². The van der Waals surface area contributed by atoms with Crippen LogP contribution in [0.25, 0.3) is 0 Å². The standard InChI is InChI=1S/C48H61N5O12S2Si.C40H55N3O8Si.C9H9ClN2O3S2/c1-30-19-34(29-65-68(8,9)48(3,4)5)51(27-30)46(56)36-24-41(61-7)43(25-37(36)50-47(57)64-17-18-66-67-44-14-13-33(26-49-44)53(58)59)63-16-12-10-11-15-62-42-22-32-21-39(54)38-20-31(2)28-52(38)45(55)35(32)23-40(42)60-6;1-25-15-28(24-51-52(8,9)40(3,4)5)42(22-25)39(46)30-20-35(48-7)37(21-31(30)41)50-14-12-10-11-13-49-36-18-27-17-33(44)32-16-26(2)23-43(32)38(45)29(27)19-34(36)47-6;10-8(13)2-1-5-16-17-9-4-3-7(6-11-9)12(14)15/h13-14,22-26,34,38H,1-2,10-12,15-21,27-29H2,3-9H3,(H,50,57);18-21,28,32H,1-2,10-17,22-24,41H2,3-9H3;3-4,6H,1-2,5H2/t34-,38-;28-,32-;/m00./s1. The molecule has 2 aromatic heterocycles. The lowest BCUT2D eigenvalue weighted by Gasteiger charge is -2.38. The van der Waals surface area contributed by atoms with Crippen LogP contribution in [0.15, 0.2) is 144 Å². The summed E-state index contributed by atoms with van der Waals surface area (Å²) in [7, 11) is 7.54. The number of benzene rings is 4. The van der Waals surface area contributed by atoms with E-state index in [1.807, 2.05) is 4.90 Å². The molecule has 0 bridgehead atoms. The van der Waals surface area contributed by atoms with Crippen molar-refractivity contribution in [2.75, 3.05) is 123 Å². The number of hydrogen-bond donors (Lipinski definition) is 2. The first-order chi connectivity index (χ1) is 64.9. The number of nitrogens with one attached hydrogen (secondary N) is 1. The zero-order valence-corrected chi connectivity index (χ0v) is 86.4. The Labute approximate surface area is 823 Å². The van der Waals surface area contributed by atoms with Gasteiger partial charge in [0, 0.05) is 98.0 Å². The fraction of sp³-hybridized carbons (Fsp3) is 0.485. The van der Waals surface area contributed by atoms with Gasteiger partial charge >= 0.3 is 6.09 Å². The Hall–Kier alpha value is -10.7. The highest BCUT2D eigenvalue weighted by Gasteiger charge is 2.46. The average molecular weight is 2020 g/mol. The summed E-state index contributed by atoms with van der Waals surface area (Å²) < 4.78 is 65.5. The SMILES string of the molecule is C=C1C[C@@H](CO[Si](C)(C)C(C)(C)C)N(C(=O)c2cc(OC)c(OCCCCCOc3cc4c(cc3OC)C(=O)N3CC(=C)C[C@H]3C(=O)C4)cc2N)C1.C=C1C[C@@H](CO[Si](C)(C)C(C)(C)C)N(C(=O)c2cc(OC)c(OCCCCCOc3cc4c(cc3OC)C(=O)N3CC(=C)C[C@H]3C(=O)C4)cc2NC(=O)OCCSSc2ccc([N+](=O)[O-])cn2)C1.O=C(Cl)CCCSSc1ccc([N+](=O)[O-])cn1. The number of nitro groups is 2. The summed E-state index contributed by atoms with van der Waals surface area (Å²) in [6, 6.07) is 17.9. The van der Waals surface area contributed by atoms with Gasteiger partial charge in [-0.15, -0.1) is 0 Å². The third-order valence-electron chi connectivity index (χ3n) is 25.0. The number of hydrogen-bond acceptors (Lipinski definition) is 30. The van der Waals surface area contributed by atoms with E-state index in [1.165, 1.54) is 89.0 Å². The monoisotopic (exact) mass is 2020 g/mol. The normalized spacial score (nSPS) is 17.0. The second-order valence-electron chi connectivity index (χ2n) is 37.0. The molecule has 12 rings (SSSR count). The Morgan fingerprint density at radius 2 is 0.898 bits per heavy atom. The lowest BCUT2D eigenvalue weighted by atomic mass is 9.99. The molecule has 3 N–H and O–H groups in total. The summed E-state index contributed by atoms with van der Waals surface area (Å²) in [6.45, 7) is 42.0. The Morgan fingerprint density at radius 3 is 1.29 bits per heavy atom. The van der Waals surface area contributed by atoms with Crippen LogP contribution in [0.3, 0.4) is 0 Å². The first-order valence-electron chi connectivity index (χ1n) is 45.2. The molecular formula is C97H125ClN10O23S4Si2. The molecule has 4 saturated heterocycles. The van der Waals surface area contributed by atoms with Gasteiger partial charge in [0.2, 0.25) is 5.24 Å². The van der Waals surface area contributed by atoms with Crippen molar-refractivity contribution in [1.29, 1.82) is 0 Å². The number of carbonyl (C=O) groups is 8. The van der Waals surface area contributed by atoms with Crippen molar-refractivity contribution in [2.24, 2.45) is 0 Å². The van der Waals surface area contributed by atoms with Crippen LogP contribution in [-0.4, -0.2) is 239 Å². The minimum atomic E-state index is -2.14. The van der Waals surface area contributed by atoms with Crippen molar-refractivity contribution in [3.63, 3.8) is 0 Å². The predicted octanol–water partition coefficient (Wildman–Crippen LogP) is 19.2. The topological polar surface area (TPSA) is 401 Å². The van der Waals surface area contributed by atoms with Gasteiger partial charge in [0.15, 0.2) is 74.2 Å². The van der Waals surface area contributed by atoms with Gasteiger partial charge in [0.1, 0.15) is 29.1 Å². The lowest BCUT2D eigenvalue weighted by Crippen LogP contribution is -2.46. The van der Waals surface area contributed by atoms with E-state index in [0.29, 0.717) is 206 Å². The number of Topliss-reactive ketones (excluding diaryl/α,β-unsaturated/α-hetero) is 2. The number of carbonyl (C=O) groups excluding carboxylic acids is 8. The molecule has 8 heterocycles. The fourth-order valence-electron chi connectivity index (χ4n) is 15.3. The number of ketones is 2. The fourth-order valence-corrected chi connectivity index (χ4v) is 21.2. The molecule has 6 aliphatic heterocycles. The number of nitrogen functional groups attached to an aromatic ring is 1. The van der Waals surface area contributed by atoms with E-state index in [2.05, 4.69) is 109 Å². The summed E-state index contributed by atoms with van der Waals surface area (Å²) in [6.07, 6.45) is 9.56. The van der Waals surface area contributed by atoms with Crippen LogP contribution < -0.4 is 48.9 Å². The number of likely N-dealkylation sites (tertiary alicyclic amines) is 2. The Morgan fingerprint density at radius 1 is 0.511 bits per heavy atom. The first kappa shape index (κ1) is 108. The summed E-state index contributed by atoms with van der Waals surface area (Å²) >= 11 is 5.19. The molecule has 4 fully saturated rings. The Bertz CT molecular complexity index is 5470. The molecule has 137 heavy (non-hydrogen) atoms. The summed E-state index contributed by atoms with van der Waals surface area (Å²) in [4.78, 5) is 140. The predicted molar refractivity (Wildman–Crippen MR) is 538 cm³/mol. The third kappa shape index (κ3) is 29.2. The van der Waals surface area contributed by atoms with Gasteiger partial charge < -0.3 is 76.8 Å². The molecule has 0 radical (unpaired) electrons. The van der Waals surface area contributed by atoms with Crippen molar-refractivity contribution in [3.8, 4) is 46.0 Å². The average Bonchev–Trinajstić information content (AvgIpc) is 1.19. The van der Waals surface area contributed by atoms with E-state index >= 15 is 0 Å². The molecule has 5 amide bonds. The number of nitrogens with zero attached hydrogens (tertiary/aromatic N) is 8. The maximum absolute atomic E-state index is 14.5. The number of methoxy groups -OCH3 is 4. The van der Waals surface area contributed by atoms with Crippen molar-refractivity contribution >= 4 is 141 Å². The van der Waals surface area contributed by atoms with Crippen LogP contribution in [0.5, 0.6) is 46.0 Å². The number of ether oxygens (including phenoxy) is 9. The Balaban J connectivity index is 0.000000247. The maximum atomic E-state index is 14.5. The lowest BCUT2D eigenvalue weighted by molar-refractivity contribution is -0.385. The maximum Gasteiger partial charge on any atom is 0.411 e. The van der Waals surface area contributed by atoms with Crippen LogP contribution in [0.1, 0.15) is 171 Å². The second kappa shape index (κ2) is 49.3. The summed E-state index contributed by atoms with van der Waals surface area (Å²) in [5.74, 6) is 3.58. The van der Waals surface area contributed by atoms with Crippen LogP contribution >= 0.6 is 54.8 Å². The van der Waals surface area contributed by atoms with E-state index in [1.54, 1.807) is 82.5 Å². The third-order valence-corrected chi connectivity index (χ3v) is 38.7. The molecule has 33 nitrogen and oxygen atoms in total. The number of anilines is 2. The number of nitrogens with two attached hydrogens (primary N) is 1. The van der Waals surface area contributed by atoms with E-state index in [-0.39, 0.29) is 111 Å². The molecule has 0 spiro atoms. The van der Waals surface area contributed by atoms with E-state index in [9.17, 15) is 58.6 Å².